The normalized spacial score (nSPS) is 9.58. The van der Waals surface area contributed by atoms with Gasteiger partial charge in [0.1, 0.15) is 11.4 Å². The topological polar surface area (TPSA) is 39.2 Å². The van der Waals surface area contributed by atoms with Crippen LogP contribution in [0.15, 0.2) is 6.07 Å². The first-order valence-corrected chi connectivity index (χ1v) is 3.34. The molecular formula is C6H4F2NO2P. The monoisotopic (exact) mass is 191 g/mol. The summed E-state index contributed by atoms with van der Waals surface area (Å²) in [6.07, 6.45) is 0.0598. The van der Waals surface area contributed by atoms with Gasteiger partial charge in [-0.3, -0.25) is 4.79 Å². The second kappa shape index (κ2) is 3.54. The number of aldehydes is 1. The Morgan fingerprint density at radius 1 is 1.58 bits per heavy atom. The third kappa shape index (κ3) is 1.56. The van der Waals surface area contributed by atoms with E-state index in [-0.39, 0.29) is 12.2 Å². The van der Waals surface area contributed by atoms with Crippen LogP contribution < -0.4 is 4.52 Å². The van der Waals surface area contributed by atoms with Crippen molar-refractivity contribution in [1.82, 2.24) is 4.98 Å². The SMILES string of the molecule is O=Cc1c(F)cc(OP)nc1F. The molecule has 1 atom stereocenters. The van der Waals surface area contributed by atoms with Gasteiger partial charge in [0, 0.05) is 6.07 Å². The zero-order valence-corrected chi connectivity index (χ0v) is 6.91. The van der Waals surface area contributed by atoms with Crippen LogP contribution in [0.1, 0.15) is 10.4 Å². The van der Waals surface area contributed by atoms with Crippen molar-refractivity contribution in [2.75, 3.05) is 0 Å². The first-order valence-electron chi connectivity index (χ1n) is 2.87. The maximum Gasteiger partial charge on any atom is 0.229 e. The highest BCUT2D eigenvalue weighted by Crippen LogP contribution is 2.16. The number of hydrogen-bond donors (Lipinski definition) is 0. The molecule has 0 bridgehead atoms. The Kier molecular flexibility index (Phi) is 2.65. The third-order valence-electron chi connectivity index (χ3n) is 1.18. The first kappa shape index (κ1) is 9.00. The quantitative estimate of drug-likeness (QED) is 0.402. The molecule has 0 fully saturated rings. The van der Waals surface area contributed by atoms with Gasteiger partial charge in [0.05, 0.1) is 9.47 Å². The highest BCUT2D eigenvalue weighted by atomic mass is 31.0. The largest absolute Gasteiger partial charge is 0.463 e. The van der Waals surface area contributed by atoms with Crippen LogP contribution in [0.4, 0.5) is 8.78 Å². The number of aromatic nitrogens is 1. The lowest BCUT2D eigenvalue weighted by Crippen LogP contribution is -1.98. The molecule has 0 aliphatic carbocycles. The minimum Gasteiger partial charge on any atom is -0.463 e. The van der Waals surface area contributed by atoms with E-state index < -0.39 is 17.3 Å². The van der Waals surface area contributed by atoms with Crippen LogP contribution in [0.5, 0.6) is 5.88 Å². The summed E-state index contributed by atoms with van der Waals surface area (Å²) in [5, 5.41) is 0. The summed E-state index contributed by atoms with van der Waals surface area (Å²) in [5.41, 5.74) is -0.694. The lowest BCUT2D eigenvalue weighted by atomic mass is 10.3. The van der Waals surface area contributed by atoms with Crippen LogP contribution in [-0.2, 0) is 0 Å². The summed E-state index contributed by atoms with van der Waals surface area (Å²) in [6.45, 7) is 0. The summed E-state index contributed by atoms with van der Waals surface area (Å²) in [4.78, 5) is 13.2. The molecule has 12 heavy (non-hydrogen) atoms. The van der Waals surface area contributed by atoms with Gasteiger partial charge in [-0.2, -0.15) is 9.37 Å². The zero-order valence-electron chi connectivity index (χ0n) is 5.75. The zero-order chi connectivity index (χ0) is 9.14. The molecule has 1 rings (SSSR count). The molecule has 0 saturated heterocycles. The second-order valence-electron chi connectivity index (χ2n) is 1.88. The fourth-order valence-corrected chi connectivity index (χ4v) is 0.760. The lowest BCUT2D eigenvalue weighted by molar-refractivity contribution is 0.111. The van der Waals surface area contributed by atoms with Gasteiger partial charge in [-0.1, -0.05) is 0 Å². The Morgan fingerprint density at radius 2 is 2.25 bits per heavy atom. The van der Waals surface area contributed by atoms with Crippen molar-refractivity contribution in [3.05, 3.63) is 23.4 Å². The fourth-order valence-electron chi connectivity index (χ4n) is 0.639. The molecule has 64 valence electrons. The lowest BCUT2D eigenvalue weighted by Gasteiger charge is -1.99. The van der Waals surface area contributed by atoms with Crippen molar-refractivity contribution in [2.45, 2.75) is 0 Å². The number of rotatable bonds is 2. The van der Waals surface area contributed by atoms with E-state index in [1.54, 1.807) is 9.47 Å². The first-order chi connectivity index (χ1) is 5.69. The van der Waals surface area contributed by atoms with Crippen molar-refractivity contribution >= 4 is 15.8 Å². The molecule has 1 unspecified atom stereocenters. The molecule has 0 spiro atoms. The van der Waals surface area contributed by atoms with Crippen molar-refractivity contribution in [3.63, 3.8) is 0 Å². The van der Waals surface area contributed by atoms with Crippen molar-refractivity contribution in [1.29, 1.82) is 0 Å². The van der Waals surface area contributed by atoms with E-state index >= 15 is 0 Å². The molecule has 0 amide bonds. The Bertz CT molecular complexity index is 295. The minimum atomic E-state index is -1.18. The number of pyridine rings is 1. The van der Waals surface area contributed by atoms with Gasteiger partial charge in [0.2, 0.25) is 11.8 Å². The van der Waals surface area contributed by atoms with Crippen LogP contribution in [-0.4, -0.2) is 11.3 Å². The summed E-state index contributed by atoms with van der Waals surface area (Å²) >= 11 is 0. The second-order valence-corrected chi connectivity index (χ2v) is 2.12. The molecular weight excluding hydrogens is 187 g/mol. The van der Waals surface area contributed by atoms with E-state index in [9.17, 15) is 13.6 Å². The van der Waals surface area contributed by atoms with Gasteiger partial charge >= 0.3 is 0 Å². The molecule has 0 radical (unpaired) electrons. The maximum absolute atomic E-state index is 12.7. The molecule has 1 heterocycles. The van der Waals surface area contributed by atoms with Crippen molar-refractivity contribution in [2.24, 2.45) is 0 Å². The molecule has 1 aromatic heterocycles. The fraction of sp³-hybridized carbons (Fsp3) is 0. The molecule has 0 aromatic carbocycles. The molecule has 0 N–H and O–H groups in total. The molecule has 0 aliphatic rings. The third-order valence-corrected chi connectivity index (χ3v) is 1.42. The summed E-state index contributed by atoms with van der Waals surface area (Å²) in [6, 6.07) is 0.819. The molecule has 1 aromatic rings. The van der Waals surface area contributed by atoms with E-state index in [4.69, 9.17) is 0 Å². The average molecular weight is 191 g/mol. The summed E-state index contributed by atoms with van der Waals surface area (Å²) in [5.74, 6) is -2.40. The van der Waals surface area contributed by atoms with Crippen LogP contribution in [0.3, 0.4) is 0 Å². The Morgan fingerprint density at radius 3 is 2.67 bits per heavy atom. The number of carbonyl (C=O) groups is 1. The smallest absolute Gasteiger partial charge is 0.229 e. The predicted octanol–water partition coefficient (Wildman–Crippen LogP) is 1.34. The van der Waals surface area contributed by atoms with Crippen LogP contribution in [0.2, 0.25) is 0 Å². The van der Waals surface area contributed by atoms with Gasteiger partial charge < -0.3 is 4.52 Å². The Balaban J connectivity index is 3.27. The number of halogens is 2. The van der Waals surface area contributed by atoms with Crippen molar-refractivity contribution < 1.29 is 18.1 Å². The van der Waals surface area contributed by atoms with E-state index in [0.29, 0.717) is 0 Å². The molecule has 3 nitrogen and oxygen atoms in total. The summed E-state index contributed by atoms with van der Waals surface area (Å²) in [7, 11) is 1.79. The standard InChI is InChI=1S/C6H4F2NO2P/c7-4-1-5(11-12)9-6(8)3(4)2-10/h1-2H,12H2. The average Bonchev–Trinajstić information content (AvgIpc) is 2.03. The van der Waals surface area contributed by atoms with Gasteiger partial charge in [-0.15, -0.1) is 0 Å². The molecule has 6 heteroatoms. The molecule has 0 saturated carbocycles. The van der Waals surface area contributed by atoms with Gasteiger partial charge in [-0.05, 0) is 0 Å². The van der Waals surface area contributed by atoms with E-state index in [0.717, 1.165) is 6.07 Å². The van der Waals surface area contributed by atoms with E-state index in [2.05, 4.69) is 9.51 Å². The van der Waals surface area contributed by atoms with Gasteiger partial charge in [0.15, 0.2) is 6.29 Å². The number of carbonyl (C=O) groups excluding carboxylic acids is 1. The number of nitrogens with zero attached hydrogens (tertiary/aromatic N) is 1. The van der Waals surface area contributed by atoms with Gasteiger partial charge in [-0.25, -0.2) is 4.39 Å². The number of hydrogen-bond acceptors (Lipinski definition) is 3. The van der Waals surface area contributed by atoms with Crippen molar-refractivity contribution in [3.8, 4) is 5.88 Å². The van der Waals surface area contributed by atoms with Crippen LogP contribution in [0, 0.1) is 11.8 Å². The molecule has 0 aliphatic heterocycles. The minimum absolute atomic E-state index is 0.0598. The van der Waals surface area contributed by atoms with Crippen LogP contribution >= 0.6 is 9.47 Å². The highest BCUT2D eigenvalue weighted by Gasteiger charge is 2.11. The van der Waals surface area contributed by atoms with E-state index in [1.807, 2.05) is 0 Å². The summed E-state index contributed by atoms with van der Waals surface area (Å²) < 4.78 is 29.7. The highest BCUT2D eigenvalue weighted by molar-refractivity contribution is 7.10. The van der Waals surface area contributed by atoms with E-state index in [1.165, 1.54) is 0 Å². The predicted molar refractivity (Wildman–Crippen MR) is 39.9 cm³/mol. The van der Waals surface area contributed by atoms with Crippen LogP contribution in [0.25, 0.3) is 0 Å². The Hall–Kier alpha value is -1.09. The maximum atomic E-state index is 12.7. The van der Waals surface area contributed by atoms with Gasteiger partial charge in [0.25, 0.3) is 0 Å². The Labute approximate surface area is 69.0 Å².